The maximum absolute atomic E-state index is 10.3. The summed E-state index contributed by atoms with van der Waals surface area (Å²) in [4.78, 5) is 10.3. The van der Waals surface area contributed by atoms with Gasteiger partial charge in [-0.1, -0.05) is 12.1 Å². The molecule has 1 aromatic carbocycles. The first-order valence-electron chi connectivity index (χ1n) is 2.73. The molecule has 7 nitrogen and oxygen atoms in total. The van der Waals surface area contributed by atoms with Crippen molar-refractivity contribution < 1.29 is 39.8 Å². The van der Waals surface area contributed by atoms with Gasteiger partial charge in [-0.05, 0) is 12.1 Å². The Morgan fingerprint density at radius 3 is 1.73 bits per heavy atom. The Kier molecular flexibility index (Phi) is 25.5. The normalized spacial score (nSPS) is 6.13. The van der Waals surface area contributed by atoms with E-state index >= 15 is 0 Å². The second kappa shape index (κ2) is 13.1. The van der Waals surface area contributed by atoms with Crippen molar-refractivity contribution in [2.24, 2.45) is 0 Å². The first-order chi connectivity index (χ1) is 4.72. The van der Waals surface area contributed by atoms with E-state index in [0.29, 0.717) is 0 Å². The van der Waals surface area contributed by atoms with E-state index in [1.54, 1.807) is 12.1 Å². The molecular weight excluding hydrogens is 220 g/mol. The van der Waals surface area contributed by atoms with Crippen LogP contribution in [0.5, 0.6) is 5.75 Å². The van der Waals surface area contributed by atoms with Gasteiger partial charge in [-0.3, -0.25) is 0 Å². The molecule has 8 heteroatoms. The van der Waals surface area contributed by atoms with Crippen LogP contribution >= 0.6 is 0 Å². The molecule has 0 saturated carbocycles. The molecule has 0 aliphatic carbocycles. The maximum Gasteiger partial charge on any atom is 2.00 e. The predicted octanol–water partition coefficient (Wildman–Crippen LogP) is -2.36. The summed E-state index contributed by atoms with van der Waals surface area (Å²) in [5.74, 6) is -1.31. The molecule has 0 unspecified atom stereocenters. The quantitative estimate of drug-likeness (QED) is 0.517. The number of carboxylic acids is 1. The van der Waals surface area contributed by atoms with Crippen LogP contribution < -0.4 is 0 Å². The van der Waals surface area contributed by atoms with Crippen molar-refractivity contribution >= 4 is 29.0 Å². The summed E-state index contributed by atoms with van der Waals surface area (Å²) in [5, 5.41) is 17.3. The van der Waals surface area contributed by atoms with Crippen LogP contribution in [0.3, 0.4) is 0 Å². The van der Waals surface area contributed by atoms with E-state index in [1.807, 2.05) is 0 Å². The van der Waals surface area contributed by atoms with E-state index in [2.05, 4.69) is 0 Å². The van der Waals surface area contributed by atoms with Crippen molar-refractivity contribution in [2.45, 2.75) is 0 Å². The molecular formula is C7H16MgO7. The van der Waals surface area contributed by atoms with E-state index in [9.17, 15) is 4.79 Å². The minimum Gasteiger partial charge on any atom is -1.00 e. The topological polar surface area (TPSA) is 184 Å². The number of carboxylic acid groups (broad SMARTS) is 1. The first-order valence-corrected chi connectivity index (χ1v) is 2.73. The van der Waals surface area contributed by atoms with Crippen LogP contribution in [0.4, 0.5) is 0 Å². The summed E-state index contributed by atoms with van der Waals surface area (Å²) in [6.45, 7) is 0. The number of hydrogen-bond acceptors (Lipinski definition) is 2. The molecule has 0 aromatic heterocycles. The Morgan fingerprint density at radius 2 is 1.47 bits per heavy atom. The van der Waals surface area contributed by atoms with Gasteiger partial charge in [0.05, 0.1) is 0 Å². The third-order valence-corrected chi connectivity index (χ3v) is 1.13. The van der Waals surface area contributed by atoms with Crippen LogP contribution in [0.15, 0.2) is 24.3 Å². The molecule has 88 valence electrons. The number of rotatable bonds is 1. The minimum absolute atomic E-state index is 0. The van der Waals surface area contributed by atoms with Crippen LogP contribution in [0, 0.1) is 0 Å². The number of aromatic hydroxyl groups is 1. The molecule has 1 rings (SSSR count). The van der Waals surface area contributed by atoms with E-state index in [4.69, 9.17) is 10.2 Å². The second-order valence-corrected chi connectivity index (χ2v) is 1.82. The molecule has 0 aliphatic heterocycles. The van der Waals surface area contributed by atoms with Gasteiger partial charge in [-0.15, -0.1) is 0 Å². The monoisotopic (exact) mass is 236 g/mol. The summed E-state index contributed by atoms with van der Waals surface area (Å²) in [6.07, 6.45) is 0. The van der Waals surface area contributed by atoms with Crippen LogP contribution in [0.25, 0.3) is 0 Å². The molecule has 10 N–H and O–H groups in total. The minimum atomic E-state index is -1.11. The Morgan fingerprint density at radius 1 is 1.07 bits per heavy atom. The van der Waals surface area contributed by atoms with Crippen molar-refractivity contribution in [3.05, 3.63) is 29.8 Å². The fraction of sp³-hybridized carbons (Fsp3) is 0. The molecule has 0 fully saturated rings. The van der Waals surface area contributed by atoms with Gasteiger partial charge < -0.3 is 35.0 Å². The van der Waals surface area contributed by atoms with E-state index < -0.39 is 5.97 Å². The van der Waals surface area contributed by atoms with Gasteiger partial charge >= 0.3 is 29.0 Å². The van der Waals surface area contributed by atoms with Crippen molar-refractivity contribution in [1.82, 2.24) is 0 Å². The average Bonchev–Trinajstić information content (AvgIpc) is 1.88. The van der Waals surface area contributed by atoms with Crippen molar-refractivity contribution in [2.75, 3.05) is 0 Å². The Balaban J connectivity index is -0.0000000286. The van der Waals surface area contributed by atoms with Gasteiger partial charge in [0.15, 0.2) is 0 Å². The summed E-state index contributed by atoms with van der Waals surface area (Å²) in [6, 6.07) is 5.81. The molecule has 0 spiro atoms. The summed E-state index contributed by atoms with van der Waals surface area (Å²) >= 11 is 0. The van der Waals surface area contributed by atoms with Crippen LogP contribution in [-0.2, 0) is 0 Å². The van der Waals surface area contributed by atoms with Crippen LogP contribution in [-0.4, -0.2) is 61.1 Å². The average molecular weight is 237 g/mol. The molecule has 0 radical (unpaired) electrons. The number of phenols is 1. The Bertz CT molecular complexity index is 274. The molecule has 1 aromatic rings. The van der Waals surface area contributed by atoms with Gasteiger partial charge in [0.1, 0.15) is 11.3 Å². The molecule has 0 amide bonds. The van der Waals surface area contributed by atoms with Gasteiger partial charge in [0.2, 0.25) is 0 Å². The van der Waals surface area contributed by atoms with Crippen molar-refractivity contribution in [3.63, 3.8) is 0 Å². The summed E-state index contributed by atoms with van der Waals surface area (Å²) in [7, 11) is 0. The zero-order chi connectivity index (χ0) is 7.56. The van der Waals surface area contributed by atoms with Crippen molar-refractivity contribution in [3.8, 4) is 5.75 Å². The fourth-order valence-electron chi connectivity index (χ4n) is 0.654. The molecule has 0 saturated heterocycles. The van der Waals surface area contributed by atoms with Gasteiger partial charge in [0, 0.05) is 0 Å². The number of benzene rings is 1. The molecule has 0 heterocycles. The smallest absolute Gasteiger partial charge is 1.00 e. The van der Waals surface area contributed by atoms with Crippen LogP contribution in [0.2, 0.25) is 0 Å². The fourth-order valence-corrected chi connectivity index (χ4v) is 0.654. The van der Waals surface area contributed by atoms with Crippen LogP contribution in [0.1, 0.15) is 13.2 Å². The summed E-state index contributed by atoms with van der Waals surface area (Å²) in [5.41, 5.74) is -0.0671. The molecule has 0 atom stereocenters. The standard InChI is InChI=1S/C7H6O3.Mg.4H2O.2H/c8-6-4-2-1-3-5(6)7(9)10;;;;;;;/h1-4,8H,(H,9,10);;4*1H2;;/q;+2;;;;;2*-1. The number of hydrogen-bond donors (Lipinski definition) is 2. The summed E-state index contributed by atoms with van der Waals surface area (Å²) < 4.78 is 0. The van der Waals surface area contributed by atoms with Crippen molar-refractivity contribution in [1.29, 1.82) is 0 Å². The number of carbonyl (C=O) groups is 1. The maximum atomic E-state index is 10.3. The zero-order valence-electron chi connectivity index (χ0n) is 9.82. The van der Waals surface area contributed by atoms with Gasteiger partial charge in [0.25, 0.3) is 0 Å². The van der Waals surface area contributed by atoms with E-state index in [1.165, 1.54) is 12.1 Å². The third-order valence-electron chi connectivity index (χ3n) is 1.13. The Labute approximate surface area is 105 Å². The largest absolute Gasteiger partial charge is 2.00 e. The Hall–Kier alpha value is -0.904. The van der Waals surface area contributed by atoms with E-state index in [0.717, 1.165) is 0 Å². The predicted molar refractivity (Wildman–Crippen MR) is 57.5 cm³/mol. The van der Waals surface area contributed by atoms with Gasteiger partial charge in [-0.2, -0.15) is 0 Å². The number of para-hydroxylation sites is 1. The zero-order valence-corrected chi connectivity index (χ0v) is 9.23. The van der Waals surface area contributed by atoms with Gasteiger partial charge in [-0.25, -0.2) is 4.79 Å². The molecule has 15 heavy (non-hydrogen) atoms. The molecule has 0 bridgehead atoms. The number of aromatic carboxylic acids is 1. The molecule has 0 aliphatic rings. The first kappa shape index (κ1) is 29.2. The van der Waals surface area contributed by atoms with E-state index in [-0.39, 0.29) is 59.1 Å². The SMILES string of the molecule is O.O.O.O.O=C(O)c1ccccc1O.[H-].[H-].[Mg+2]. The third kappa shape index (κ3) is 8.12. The second-order valence-electron chi connectivity index (χ2n) is 1.82.